The van der Waals surface area contributed by atoms with Crippen LogP contribution in [0.3, 0.4) is 0 Å². The number of rotatable bonds is 4. The molecular weight excluding hydrogens is 250 g/mol. The predicted molar refractivity (Wildman–Crippen MR) is 72.1 cm³/mol. The van der Waals surface area contributed by atoms with Gasteiger partial charge in [0.2, 0.25) is 5.95 Å². The summed E-state index contributed by atoms with van der Waals surface area (Å²) in [5.74, 6) is 1.40. The molecule has 0 aliphatic rings. The van der Waals surface area contributed by atoms with Crippen LogP contribution < -0.4 is 10.1 Å². The maximum absolute atomic E-state index is 5.73. The Morgan fingerprint density at radius 1 is 1.17 bits per heavy atom. The van der Waals surface area contributed by atoms with Crippen molar-refractivity contribution in [2.24, 2.45) is 0 Å². The third-order valence-corrected chi connectivity index (χ3v) is 2.78. The monoisotopic (exact) mass is 263 g/mol. The van der Waals surface area contributed by atoms with E-state index in [1.807, 2.05) is 31.2 Å². The molecule has 18 heavy (non-hydrogen) atoms. The quantitative estimate of drug-likeness (QED) is 0.919. The van der Waals surface area contributed by atoms with Crippen LogP contribution in [0.15, 0.2) is 36.7 Å². The van der Waals surface area contributed by atoms with E-state index >= 15 is 0 Å². The smallest absolute Gasteiger partial charge is 0.223 e. The molecule has 0 saturated heterocycles. The van der Waals surface area contributed by atoms with Gasteiger partial charge in [0.15, 0.2) is 0 Å². The third kappa shape index (κ3) is 3.11. The molecule has 1 aromatic carbocycles. The van der Waals surface area contributed by atoms with E-state index < -0.39 is 0 Å². The minimum Gasteiger partial charge on any atom is -0.497 e. The Bertz CT molecular complexity index is 499. The molecule has 1 N–H and O–H groups in total. The number of ether oxygens (including phenoxy) is 1. The summed E-state index contributed by atoms with van der Waals surface area (Å²) in [4.78, 5) is 8.20. The molecule has 1 unspecified atom stereocenters. The highest BCUT2D eigenvalue weighted by Gasteiger charge is 2.06. The van der Waals surface area contributed by atoms with Gasteiger partial charge in [0, 0.05) is 0 Å². The Balaban J connectivity index is 2.06. The molecule has 2 rings (SSSR count). The average Bonchev–Trinajstić information content (AvgIpc) is 2.41. The number of aromatic nitrogens is 2. The first kappa shape index (κ1) is 12.6. The Labute approximate surface area is 111 Å². The zero-order valence-electron chi connectivity index (χ0n) is 10.2. The number of benzene rings is 1. The number of nitrogens with zero attached hydrogens (tertiary/aromatic N) is 2. The van der Waals surface area contributed by atoms with Gasteiger partial charge in [0.1, 0.15) is 5.75 Å². The van der Waals surface area contributed by atoms with Crippen LogP contribution in [0.1, 0.15) is 18.5 Å². The summed E-state index contributed by atoms with van der Waals surface area (Å²) >= 11 is 5.73. The Hall–Kier alpha value is -1.81. The summed E-state index contributed by atoms with van der Waals surface area (Å²) in [6.07, 6.45) is 3.13. The molecule has 2 aromatic rings. The second kappa shape index (κ2) is 5.69. The Morgan fingerprint density at radius 3 is 2.33 bits per heavy atom. The number of anilines is 1. The molecule has 5 heteroatoms. The SMILES string of the molecule is COc1ccc(C(C)Nc2ncc(Cl)cn2)cc1. The molecule has 1 heterocycles. The lowest BCUT2D eigenvalue weighted by Gasteiger charge is -2.14. The van der Waals surface area contributed by atoms with Gasteiger partial charge in [-0.1, -0.05) is 23.7 Å². The predicted octanol–water partition coefficient (Wildman–Crippen LogP) is 3.31. The largest absolute Gasteiger partial charge is 0.497 e. The van der Waals surface area contributed by atoms with Gasteiger partial charge in [0.05, 0.1) is 30.6 Å². The van der Waals surface area contributed by atoms with E-state index in [9.17, 15) is 0 Å². The summed E-state index contributed by atoms with van der Waals surface area (Å²) in [6, 6.07) is 7.97. The van der Waals surface area contributed by atoms with Gasteiger partial charge in [-0.2, -0.15) is 0 Å². The van der Waals surface area contributed by atoms with Crippen molar-refractivity contribution in [3.63, 3.8) is 0 Å². The van der Waals surface area contributed by atoms with Crippen molar-refractivity contribution >= 4 is 17.5 Å². The number of methoxy groups -OCH3 is 1. The maximum atomic E-state index is 5.73. The lowest BCUT2D eigenvalue weighted by molar-refractivity contribution is 0.414. The second-order valence-corrected chi connectivity index (χ2v) is 4.30. The van der Waals surface area contributed by atoms with E-state index in [1.54, 1.807) is 19.5 Å². The van der Waals surface area contributed by atoms with E-state index in [1.165, 1.54) is 0 Å². The molecule has 94 valence electrons. The number of hydrogen-bond donors (Lipinski definition) is 1. The van der Waals surface area contributed by atoms with Crippen molar-refractivity contribution < 1.29 is 4.74 Å². The third-order valence-electron chi connectivity index (χ3n) is 2.58. The van der Waals surface area contributed by atoms with Crippen molar-refractivity contribution in [2.75, 3.05) is 12.4 Å². The summed E-state index contributed by atoms with van der Waals surface area (Å²) < 4.78 is 5.12. The van der Waals surface area contributed by atoms with Crippen LogP contribution in [0.4, 0.5) is 5.95 Å². The van der Waals surface area contributed by atoms with E-state index in [0.29, 0.717) is 11.0 Å². The van der Waals surface area contributed by atoms with Gasteiger partial charge < -0.3 is 10.1 Å². The van der Waals surface area contributed by atoms with Crippen LogP contribution in [0.25, 0.3) is 0 Å². The minimum absolute atomic E-state index is 0.108. The summed E-state index contributed by atoms with van der Waals surface area (Å²) in [6.45, 7) is 2.04. The van der Waals surface area contributed by atoms with Crippen LogP contribution in [-0.2, 0) is 0 Å². The molecule has 0 radical (unpaired) electrons. The highest BCUT2D eigenvalue weighted by Crippen LogP contribution is 2.20. The van der Waals surface area contributed by atoms with Crippen molar-refractivity contribution in [1.82, 2.24) is 9.97 Å². The van der Waals surface area contributed by atoms with Crippen LogP contribution in [0.5, 0.6) is 5.75 Å². The Morgan fingerprint density at radius 2 is 1.78 bits per heavy atom. The molecule has 1 aromatic heterocycles. The fourth-order valence-electron chi connectivity index (χ4n) is 1.56. The first-order valence-electron chi connectivity index (χ1n) is 5.57. The van der Waals surface area contributed by atoms with Crippen LogP contribution >= 0.6 is 11.6 Å². The Kier molecular flexibility index (Phi) is 3.99. The molecule has 0 amide bonds. The van der Waals surface area contributed by atoms with Crippen LogP contribution in [0.2, 0.25) is 5.02 Å². The van der Waals surface area contributed by atoms with E-state index in [0.717, 1.165) is 11.3 Å². The average molecular weight is 264 g/mol. The first-order chi connectivity index (χ1) is 8.69. The highest BCUT2D eigenvalue weighted by atomic mass is 35.5. The zero-order valence-corrected chi connectivity index (χ0v) is 11.0. The lowest BCUT2D eigenvalue weighted by atomic mass is 10.1. The topological polar surface area (TPSA) is 47.0 Å². The maximum Gasteiger partial charge on any atom is 0.223 e. The normalized spacial score (nSPS) is 11.9. The molecule has 0 aliphatic carbocycles. The molecule has 0 spiro atoms. The number of nitrogens with one attached hydrogen (secondary N) is 1. The van der Waals surface area contributed by atoms with Crippen molar-refractivity contribution in [3.05, 3.63) is 47.2 Å². The summed E-state index contributed by atoms with van der Waals surface area (Å²) in [7, 11) is 1.65. The van der Waals surface area contributed by atoms with E-state index in [-0.39, 0.29) is 6.04 Å². The van der Waals surface area contributed by atoms with Crippen LogP contribution in [0, 0.1) is 0 Å². The van der Waals surface area contributed by atoms with Gasteiger partial charge in [-0.25, -0.2) is 9.97 Å². The summed E-state index contributed by atoms with van der Waals surface area (Å²) in [5.41, 5.74) is 1.13. The van der Waals surface area contributed by atoms with Gasteiger partial charge in [-0.3, -0.25) is 0 Å². The molecular formula is C13H14ClN3O. The zero-order chi connectivity index (χ0) is 13.0. The first-order valence-corrected chi connectivity index (χ1v) is 5.95. The molecule has 0 bridgehead atoms. The number of hydrogen-bond acceptors (Lipinski definition) is 4. The van der Waals surface area contributed by atoms with Crippen molar-refractivity contribution in [1.29, 1.82) is 0 Å². The van der Waals surface area contributed by atoms with Crippen molar-refractivity contribution in [2.45, 2.75) is 13.0 Å². The van der Waals surface area contributed by atoms with Gasteiger partial charge in [-0.15, -0.1) is 0 Å². The molecule has 1 atom stereocenters. The molecule has 0 aliphatic heterocycles. The van der Waals surface area contributed by atoms with Gasteiger partial charge in [-0.05, 0) is 24.6 Å². The molecule has 0 fully saturated rings. The fraction of sp³-hybridized carbons (Fsp3) is 0.231. The van der Waals surface area contributed by atoms with Crippen molar-refractivity contribution in [3.8, 4) is 5.75 Å². The standard InChI is InChI=1S/C13H14ClN3O/c1-9(10-3-5-12(18-2)6-4-10)17-13-15-7-11(14)8-16-13/h3-9H,1-2H3,(H,15,16,17). The summed E-state index contributed by atoms with van der Waals surface area (Å²) in [5, 5.41) is 3.73. The molecule has 4 nitrogen and oxygen atoms in total. The van der Waals surface area contributed by atoms with Crippen LogP contribution in [-0.4, -0.2) is 17.1 Å². The fourth-order valence-corrected chi connectivity index (χ4v) is 1.65. The minimum atomic E-state index is 0.108. The lowest BCUT2D eigenvalue weighted by Crippen LogP contribution is -2.09. The van der Waals surface area contributed by atoms with E-state index in [4.69, 9.17) is 16.3 Å². The van der Waals surface area contributed by atoms with E-state index in [2.05, 4.69) is 15.3 Å². The second-order valence-electron chi connectivity index (χ2n) is 3.86. The van der Waals surface area contributed by atoms with Gasteiger partial charge in [0.25, 0.3) is 0 Å². The highest BCUT2D eigenvalue weighted by molar-refractivity contribution is 6.30. The number of halogens is 1. The molecule has 0 saturated carbocycles. The van der Waals surface area contributed by atoms with Gasteiger partial charge >= 0.3 is 0 Å².